The molecule has 0 amide bonds. The molecule has 4 nitrogen and oxygen atoms in total. The zero-order valence-electron chi connectivity index (χ0n) is 8.20. The molecule has 0 N–H and O–H groups in total. The van der Waals surface area contributed by atoms with Crippen molar-refractivity contribution in [1.82, 2.24) is 4.98 Å². The number of rotatable bonds is 3. The van der Waals surface area contributed by atoms with Gasteiger partial charge in [-0.15, -0.1) is 11.3 Å². The Kier molecular flexibility index (Phi) is 3.06. The van der Waals surface area contributed by atoms with Crippen LogP contribution in [0, 0.1) is 6.92 Å². The molecule has 78 valence electrons. The maximum atomic E-state index is 11.1. The molecule has 0 saturated carbocycles. The minimum Gasteiger partial charge on any atom is -0.300 e. The monoisotopic (exact) mass is 233 g/mol. The van der Waals surface area contributed by atoms with Gasteiger partial charge in [0, 0.05) is 17.6 Å². The van der Waals surface area contributed by atoms with Crippen molar-refractivity contribution in [2.75, 3.05) is 6.26 Å². The standard InChI is InChI=1S/C8H11NO3S2/c1-5(10)4-7-6(2)9-8(13-7)14(3,11)12/h4H2,1-3H3. The molecule has 1 rings (SSSR count). The number of carbonyl (C=O) groups excluding carboxylic acids is 1. The van der Waals surface area contributed by atoms with Gasteiger partial charge in [0.15, 0.2) is 0 Å². The smallest absolute Gasteiger partial charge is 0.209 e. The summed E-state index contributed by atoms with van der Waals surface area (Å²) in [5, 5.41) is 0. The highest BCUT2D eigenvalue weighted by molar-refractivity contribution is 7.92. The van der Waals surface area contributed by atoms with Gasteiger partial charge in [-0.25, -0.2) is 13.4 Å². The molecule has 0 bridgehead atoms. The van der Waals surface area contributed by atoms with Gasteiger partial charge in [-0.2, -0.15) is 0 Å². The first kappa shape index (κ1) is 11.3. The topological polar surface area (TPSA) is 64.1 Å². The van der Waals surface area contributed by atoms with Crippen molar-refractivity contribution < 1.29 is 13.2 Å². The number of Topliss-reactive ketones (excluding diaryl/α,β-unsaturated/α-hetero) is 1. The van der Waals surface area contributed by atoms with Crippen molar-refractivity contribution in [2.45, 2.75) is 24.6 Å². The summed E-state index contributed by atoms with van der Waals surface area (Å²) in [6.07, 6.45) is 1.38. The van der Waals surface area contributed by atoms with Crippen LogP contribution in [-0.2, 0) is 21.1 Å². The fourth-order valence-electron chi connectivity index (χ4n) is 0.950. The van der Waals surface area contributed by atoms with E-state index in [0.29, 0.717) is 5.69 Å². The molecule has 0 aliphatic heterocycles. The van der Waals surface area contributed by atoms with Gasteiger partial charge < -0.3 is 0 Å². The third kappa shape index (κ3) is 2.62. The van der Waals surface area contributed by atoms with E-state index in [1.165, 1.54) is 6.92 Å². The van der Waals surface area contributed by atoms with E-state index >= 15 is 0 Å². The average Bonchev–Trinajstić information content (AvgIpc) is 2.30. The van der Waals surface area contributed by atoms with Crippen LogP contribution in [0.2, 0.25) is 0 Å². The van der Waals surface area contributed by atoms with Gasteiger partial charge in [0.25, 0.3) is 0 Å². The van der Waals surface area contributed by atoms with E-state index < -0.39 is 9.84 Å². The minimum atomic E-state index is -3.24. The molecule has 1 aromatic heterocycles. The summed E-state index contributed by atoms with van der Waals surface area (Å²) in [5.74, 6) is 0.0109. The summed E-state index contributed by atoms with van der Waals surface area (Å²) in [6, 6.07) is 0. The fraction of sp³-hybridized carbons (Fsp3) is 0.500. The van der Waals surface area contributed by atoms with E-state index in [4.69, 9.17) is 0 Å². The predicted octanol–water partition coefficient (Wildman–Crippen LogP) is 0.987. The Bertz CT molecular complexity index is 459. The van der Waals surface area contributed by atoms with Crippen molar-refractivity contribution in [3.8, 4) is 0 Å². The van der Waals surface area contributed by atoms with E-state index in [2.05, 4.69) is 4.98 Å². The molecule has 0 fully saturated rings. The van der Waals surface area contributed by atoms with Gasteiger partial charge in [-0.3, -0.25) is 4.79 Å². The molecule has 14 heavy (non-hydrogen) atoms. The van der Waals surface area contributed by atoms with Crippen LogP contribution in [-0.4, -0.2) is 25.4 Å². The second-order valence-electron chi connectivity index (χ2n) is 3.14. The SMILES string of the molecule is CC(=O)Cc1sc(S(C)(=O)=O)nc1C. The van der Waals surface area contributed by atoms with Crippen LogP contribution in [0.25, 0.3) is 0 Å². The maximum absolute atomic E-state index is 11.1. The Morgan fingerprint density at radius 1 is 1.50 bits per heavy atom. The van der Waals surface area contributed by atoms with Gasteiger partial charge in [0.1, 0.15) is 5.78 Å². The van der Waals surface area contributed by atoms with Crippen LogP contribution in [0.15, 0.2) is 4.34 Å². The Labute approximate surface area is 86.9 Å². The maximum Gasteiger partial charge on any atom is 0.209 e. The molecule has 0 atom stereocenters. The number of sulfone groups is 1. The molecule has 0 unspecified atom stereocenters. The number of carbonyl (C=O) groups is 1. The average molecular weight is 233 g/mol. The van der Waals surface area contributed by atoms with Crippen LogP contribution >= 0.6 is 11.3 Å². The lowest BCUT2D eigenvalue weighted by Crippen LogP contribution is -1.95. The van der Waals surface area contributed by atoms with Crippen molar-refractivity contribution in [2.24, 2.45) is 0 Å². The summed E-state index contributed by atoms with van der Waals surface area (Å²) in [4.78, 5) is 15.5. The molecule has 0 spiro atoms. The lowest BCUT2D eigenvalue weighted by Gasteiger charge is -1.90. The Hall–Kier alpha value is -0.750. The zero-order chi connectivity index (χ0) is 10.9. The Morgan fingerprint density at radius 2 is 2.07 bits per heavy atom. The van der Waals surface area contributed by atoms with Crippen LogP contribution in [0.4, 0.5) is 0 Å². The largest absolute Gasteiger partial charge is 0.300 e. The number of thiazole rings is 1. The number of nitrogens with zero attached hydrogens (tertiary/aromatic N) is 1. The summed E-state index contributed by atoms with van der Waals surface area (Å²) in [7, 11) is -3.24. The highest BCUT2D eigenvalue weighted by Gasteiger charge is 2.16. The molecule has 1 aromatic rings. The Balaban J connectivity index is 3.12. The molecule has 0 aromatic carbocycles. The predicted molar refractivity (Wildman–Crippen MR) is 54.3 cm³/mol. The van der Waals surface area contributed by atoms with E-state index in [0.717, 1.165) is 22.5 Å². The third-order valence-corrected chi connectivity index (χ3v) is 4.44. The lowest BCUT2D eigenvalue weighted by molar-refractivity contribution is -0.116. The summed E-state index contributed by atoms with van der Waals surface area (Å²) < 4.78 is 22.4. The summed E-state index contributed by atoms with van der Waals surface area (Å²) in [6.45, 7) is 3.18. The number of aryl methyl sites for hydroxylation is 1. The van der Waals surface area contributed by atoms with Crippen LogP contribution in [0.3, 0.4) is 0 Å². The fourth-order valence-corrected chi connectivity index (χ4v) is 3.02. The first-order valence-electron chi connectivity index (χ1n) is 3.96. The molecular formula is C8H11NO3S2. The van der Waals surface area contributed by atoms with E-state index in [1.54, 1.807) is 6.92 Å². The van der Waals surface area contributed by atoms with Crippen molar-refractivity contribution in [1.29, 1.82) is 0 Å². The van der Waals surface area contributed by atoms with Gasteiger partial charge in [0.2, 0.25) is 14.2 Å². The molecule has 0 aliphatic rings. The van der Waals surface area contributed by atoms with E-state index in [9.17, 15) is 13.2 Å². The van der Waals surface area contributed by atoms with E-state index in [1.807, 2.05) is 0 Å². The molecule has 6 heteroatoms. The van der Waals surface area contributed by atoms with Crippen molar-refractivity contribution in [3.63, 3.8) is 0 Å². The van der Waals surface area contributed by atoms with Crippen LogP contribution in [0.5, 0.6) is 0 Å². The quantitative estimate of drug-likeness (QED) is 0.781. The van der Waals surface area contributed by atoms with Crippen LogP contribution in [0.1, 0.15) is 17.5 Å². The number of hydrogen-bond acceptors (Lipinski definition) is 5. The lowest BCUT2D eigenvalue weighted by atomic mass is 10.2. The normalized spacial score (nSPS) is 11.6. The number of aromatic nitrogens is 1. The van der Waals surface area contributed by atoms with Gasteiger partial charge in [-0.05, 0) is 13.8 Å². The highest BCUT2D eigenvalue weighted by Crippen LogP contribution is 2.22. The zero-order valence-corrected chi connectivity index (χ0v) is 9.83. The van der Waals surface area contributed by atoms with Gasteiger partial charge in [0.05, 0.1) is 5.69 Å². The first-order chi connectivity index (χ1) is 6.30. The summed E-state index contributed by atoms with van der Waals surface area (Å²) >= 11 is 1.07. The molecule has 0 saturated heterocycles. The molecular weight excluding hydrogens is 222 g/mol. The molecule has 1 heterocycles. The van der Waals surface area contributed by atoms with Crippen molar-refractivity contribution in [3.05, 3.63) is 10.6 Å². The van der Waals surface area contributed by atoms with Crippen molar-refractivity contribution >= 4 is 27.0 Å². The number of ketones is 1. The second-order valence-corrected chi connectivity index (χ2v) is 6.41. The van der Waals surface area contributed by atoms with Gasteiger partial charge in [-0.1, -0.05) is 0 Å². The second kappa shape index (κ2) is 3.78. The number of hydrogen-bond donors (Lipinski definition) is 0. The highest BCUT2D eigenvalue weighted by atomic mass is 32.2. The minimum absolute atomic E-state index is 0.0109. The Morgan fingerprint density at radius 3 is 2.43 bits per heavy atom. The molecule has 0 aliphatic carbocycles. The molecule has 0 radical (unpaired) electrons. The third-order valence-electron chi connectivity index (χ3n) is 1.60. The van der Waals surface area contributed by atoms with Crippen LogP contribution < -0.4 is 0 Å². The summed E-state index contributed by atoms with van der Waals surface area (Å²) in [5.41, 5.74) is 0.630. The first-order valence-corrected chi connectivity index (χ1v) is 6.67. The van der Waals surface area contributed by atoms with E-state index in [-0.39, 0.29) is 16.5 Å². The van der Waals surface area contributed by atoms with Gasteiger partial charge >= 0.3 is 0 Å².